The van der Waals surface area contributed by atoms with E-state index >= 15 is 0 Å². The minimum absolute atomic E-state index is 0.468. The van der Waals surface area contributed by atoms with Crippen LogP contribution in [-0.2, 0) is 0 Å². The minimum Gasteiger partial charge on any atom is -0.497 e. The van der Waals surface area contributed by atoms with Crippen molar-refractivity contribution in [2.45, 2.75) is 31.7 Å². The fourth-order valence-corrected chi connectivity index (χ4v) is 2.14. The fourth-order valence-electron chi connectivity index (χ4n) is 2.14. The summed E-state index contributed by atoms with van der Waals surface area (Å²) < 4.78 is 5.26. The summed E-state index contributed by atoms with van der Waals surface area (Å²) in [5, 5.41) is 3.40. The molecule has 2 heteroatoms. The van der Waals surface area contributed by atoms with Gasteiger partial charge in [-0.15, -0.1) is 0 Å². The molecule has 1 fully saturated rings. The summed E-state index contributed by atoms with van der Waals surface area (Å²) in [7, 11) is 3.76. The van der Waals surface area contributed by atoms with Gasteiger partial charge in [0.25, 0.3) is 0 Å². The number of benzene rings is 1. The summed E-state index contributed by atoms with van der Waals surface area (Å²) >= 11 is 0. The molecule has 1 aliphatic rings. The maximum atomic E-state index is 5.26. The van der Waals surface area contributed by atoms with Gasteiger partial charge in [-0.05, 0) is 43.5 Å². The zero-order chi connectivity index (χ0) is 11.4. The number of methoxy groups -OCH3 is 1. The first-order valence-corrected chi connectivity index (χ1v) is 6.14. The lowest BCUT2D eigenvalue weighted by Crippen LogP contribution is -2.16. The van der Waals surface area contributed by atoms with Crippen molar-refractivity contribution in [3.8, 4) is 5.75 Å². The minimum atomic E-state index is 0.468. The molecule has 0 radical (unpaired) electrons. The molecule has 1 aliphatic carbocycles. The van der Waals surface area contributed by atoms with Crippen molar-refractivity contribution in [1.29, 1.82) is 0 Å². The Morgan fingerprint density at radius 1 is 1.44 bits per heavy atom. The van der Waals surface area contributed by atoms with Gasteiger partial charge >= 0.3 is 0 Å². The van der Waals surface area contributed by atoms with E-state index in [0.29, 0.717) is 6.04 Å². The van der Waals surface area contributed by atoms with Crippen LogP contribution in [0, 0.1) is 5.92 Å². The monoisotopic (exact) mass is 219 g/mol. The second-order valence-electron chi connectivity index (χ2n) is 4.64. The maximum absolute atomic E-state index is 5.26. The van der Waals surface area contributed by atoms with E-state index in [2.05, 4.69) is 23.5 Å². The molecule has 1 aromatic carbocycles. The van der Waals surface area contributed by atoms with Crippen molar-refractivity contribution in [2.24, 2.45) is 5.92 Å². The molecule has 88 valence electrons. The second kappa shape index (κ2) is 5.35. The summed E-state index contributed by atoms with van der Waals surface area (Å²) in [6, 6.07) is 8.84. The summed E-state index contributed by atoms with van der Waals surface area (Å²) in [4.78, 5) is 0. The molecular formula is C14H21NO. The Kier molecular flexibility index (Phi) is 3.83. The van der Waals surface area contributed by atoms with Crippen molar-refractivity contribution < 1.29 is 4.74 Å². The van der Waals surface area contributed by atoms with Gasteiger partial charge in [0, 0.05) is 6.04 Å². The SMILES string of the molecule is CNC(CCC1CC1)c1cccc(OC)c1. The Labute approximate surface area is 98.0 Å². The van der Waals surface area contributed by atoms with E-state index in [-0.39, 0.29) is 0 Å². The van der Waals surface area contributed by atoms with Crippen LogP contribution in [0.25, 0.3) is 0 Å². The average Bonchev–Trinajstić information content (AvgIpc) is 3.14. The molecule has 2 rings (SSSR count). The fraction of sp³-hybridized carbons (Fsp3) is 0.571. The van der Waals surface area contributed by atoms with Crippen LogP contribution in [-0.4, -0.2) is 14.2 Å². The van der Waals surface area contributed by atoms with Crippen LogP contribution in [0.1, 0.15) is 37.3 Å². The molecule has 1 atom stereocenters. The van der Waals surface area contributed by atoms with Crippen molar-refractivity contribution in [3.05, 3.63) is 29.8 Å². The molecule has 0 aromatic heterocycles. The van der Waals surface area contributed by atoms with Crippen LogP contribution in [0.2, 0.25) is 0 Å². The van der Waals surface area contributed by atoms with Gasteiger partial charge in [-0.2, -0.15) is 0 Å². The third-order valence-electron chi connectivity index (χ3n) is 3.41. The Morgan fingerprint density at radius 2 is 2.25 bits per heavy atom. The highest BCUT2D eigenvalue weighted by Gasteiger charge is 2.22. The maximum Gasteiger partial charge on any atom is 0.119 e. The first-order chi connectivity index (χ1) is 7.83. The van der Waals surface area contributed by atoms with E-state index in [1.165, 1.54) is 31.2 Å². The van der Waals surface area contributed by atoms with E-state index in [1.807, 2.05) is 13.1 Å². The topological polar surface area (TPSA) is 21.3 Å². The van der Waals surface area contributed by atoms with Gasteiger partial charge in [0.2, 0.25) is 0 Å². The van der Waals surface area contributed by atoms with Gasteiger partial charge < -0.3 is 10.1 Å². The van der Waals surface area contributed by atoms with Crippen molar-refractivity contribution >= 4 is 0 Å². The van der Waals surface area contributed by atoms with E-state index in [0.717, 1.165) is 11.7 Å². The summed E-state index contributed by atoms with van der Waals surface area (Å²) in [6.07, 6.45) is 5.46. The van der Waals surface area contributed by atoms with Crippen LogP contribution in [0.15, 0.2) is 24.3 Å². The number of ether oxygens (including phenoxy) is 1. The quantitative estimate of drug-likeness (QED) is 0.793. The average molecular weight is 219 g/mol. The molecule has 0 amide bonds. The number of nitrogens with one attached hydrogen (secondary N) is 1. The molecular weight excluding hydrogens is 198 g/mol. The largest absolute Gasteiger partial charge is 0.497 e. The Morgan fingerprint density at radius 3 is 2.88 bits per heavy atom. The molecule has 1 aromatic rings. The molecule has 0 spiro atoms. The number of hydrogen-bond acceptors (Lipinski definition) is 2. The lowest BCUT2D eigenvalue weighted by molar-refractivity contribution is 0.412. The van der Waals surface area contributed by atoms with E-state index in [4.69, 9.17) is 4.74 Å². The van der Waals surface area contributed by atoms with Crippen LogP contribution < -0.4 is 10.1 Å². The van der Waals surface area contributed by atoms with Gasteiger partial charge in [0.15, 0.2) is 0 Å². The first kappa shape index (κ1) is 11.5. The molecule has 1 saturated carbocycles. The lowest BCUT2D eigenvalue weighted by atomic mass is 10.0. The van der Waals surface area contributed by atoms with Crippen LogP contribution in [0.5, 0.6) is 5.75 Å². The summed E-state index contributed by atoms with van der Waals surface area (Å²) in [5.74, 6) is 1.95. The Hall–Kier alpha value is -1.02. The zero-order valence-corrected chi connectivity index (χ0v) is 10.2. The van der Waals surface area contributed by atoms with Gasteiger partial charge in [0.05, 0.1) is 7.11 Å². The predicted molar refractivity (Wildman–Crippen MR) is 66.8 cm³/mol. The Balaban J connectivity index is 1.99. The van der Waals surface area contributed by atoms with Crippen molar-refractivity contribution in [1.82, 2.24) is 5.32 Å². The molecule has 2 nitrogen and oxygen atoms in total. The number of rotatable bonds is 6. The highest BCUT2D eigenvalue weighted by atomic mass is 16.5. The van der Waals surface area contributed by atoms with E-state index in [9.17, 15) is 0 Å². The molecule has 0 saturated heterocycles. The third kappa shape index (κ3) is 2.99. The highest BCUT2D eigenvalue weighted by Crippen LogP contribution is 2.36. The van der Waals surface area contributed by atoms with Gasteiger partial charge in [0.1, 0.15) is 5.75 Å². The van der Waals surface area contributed by atoms with E-state index < -0.39 is 0 Å². The smallest absolute Gasteiger partial charge is 0.119 e. The standard InChI is InChI=1S/C14H21NO/c1-15-14(9-8-11-6-7-11)12-4-3-5-13(10-12)16-2/h3-5,10-11,14-15H,6-9H2,1-2H3. The highest BCUT2D eigenvalue weighted by molar-refractivity contribution is 5.30. The molecule has 0 heterocycles. The van der Waals surface area contributed by atoms with Crippen molar-refractivity contribution in [2.75, 3.05) is 14.2 Å². The normalized spacial score (nSPS) is 17.1. The van der Waals surface area contributed by atoms with E-state index in [1.54, 1.807) is 7.11 Å². The molecule has 0 aliphatic heterocycles. The Bertz CT molecular complexity index is 333. The molecule has 1 unspecified atom stereocenters. The van der Waals surface area contributed by atoms with Gasteiger partial charge in [-0.3, -0.25) is 0 Å². The number of hydrogen-bond donors (Lipinski definition) is 1. The van der Waals surface area contributed by atoms with Gasteiger partial charge in [-0.1, -0.05) is 25.0 Å². The molecule has 16 heavy (non-hydrogen) atoms. The first-order valence-electron chi connectivity index (χ1n) is 6.14. The predicted octanol–water partition coefficient (Wildman–Crippen LogP) is 3.15. The summed E-state index contributed by atoms with van der Waals surface area (Å²) in [5.41, 5.74) is 1.34. The lowest BCUT2D eigenvalue weighted by Gasteiger charge is -2.17. The zero-order valence-electron chi connectivity index (χ0n) is 10.2. The molecule has 1 N–H and O–H groups in total. The van der Waals surface area contributed by atoms with Crippen molar-refractivity contribution in [3.63, 3.8) is 0 Å². The van der Waals surface area contributed by atoms with Crippen LogP contribution >= 0.6 is 0 Å². The van der Waals surface area contributed by atoms with Crippen LogP contribution in [0.4, 0.5) is 0 Å². The third-order valence-corrected chi connectivity index (χ3v) is 3.41. The van der Waals surface area contributed by atoms with Gasteiger partial charge in [-0.25, -0.2) is 0 Å². The second-order valence-corrected chi connectivity index (χ2v) is 4.64. The van der Waals surface area contributed by atoms with Crippen LogP contribution in [0.3, 0.4) is 0 Å². The summed E-state index contributed by atoms with van der Waals surface area (Å²) in [6.45, 7) is 0. The molecule has 0 bridgehead atoms.